The molecule has 0 heterocycles. The van der Waals surface area contributed by atoms with E-state index >= 15 is 0 Å². The van der Waals surface area contributed by atoms with Crippen molar-refractivity contribution >= 4 is 5.69 Å². The molecule has 0 aliphatic rings. The van der Waals surface area contributed by atoms with E-state index in [0.29, 0.717) is 34.9 Å². The fraction of sp³-hybridized carbons (Fsp3) is 0.235. The SMILES string of the molecule is COc1cc(Cc2cc(C#N)ccc2N)cc(OC)c1OC. The Labute approximate surface area is 129 Å². The number of anilines is 1. The molecule has 22 heavy (non-hydrogen) atoms. The average molecular weight is 298 g/mol. The highest BCUT2D eigenvalue weighted by atomic mass is 16.5. The quantitative estimate of drug-likeness (QED) is 0.859. The predicted octanol–water partition coefficient (Wildman–Crippen LogP) is 2.76. The fourth-order valence-corrected chi connectivity index (χ4v) is 2.29. The molecule has 0 aromatic heterocycles. The van der Waals surface area contributed by atoms with Crippen LogP contribution in [0.25, 0.3) is 0 Å². The molecule has 0 aliphatic heterocycles. The highest BCUT2D eigenvalue weighted by Crippen LogP contribution is 2.38. The highest BCUT2D eigenvalue weighted by Gasteiger charge is 2.14. The van der Waals surface area contributed by atoms with Crippen LogP contribution in [0.3, 0.4) is 0 Å². The van der Waals surface area contributed by atoms with Crippen LogP contribution in [0.2, 0.25) is 0 Å². The molecule has 0 spiro atoms. The number of rotatable bonds is 5. The van der Waals surface area contributed by atoms with E-state index < -0.39 is 0 Å². The third kappa shape index (κ3) is 3.07. The molecular formula is C17H18N2O3. The van der Waals surface area contributed by atoms with Crippen molar-refractivity contribution < 1.29 is 14.2 Å². The molecule has 2 aromatic rings. The van der Waals surface area contributed by atoms with Crippen molar-refractivity contribution in [1.82, 2.24) is 0 Å². The number of nitrogens with zero attached hydrogens (tertiary/aromatic N) is 1. The van der Waals surface area contributed by atoms with Crippen LogP contribution in [0.15, 0.2) is 30.3 Å². The maximum Gasteiger partial charge on any atom is 0.203 e. The zero-order valence-electron chi connectivity index (χ0n) is 12.8. The number of methoxy groups -OCH3 is 3. The molecule has 2 aromatic carbocycles. The van der Waals surface area contributed by atoms with E-state index in [-0.39, 0.29) is 0 Å². The molecule has 0 unspecified atom stereocenters. The molecule has 0 aliphatic carbocycles. The Kier molecular flexibility index (Phi) is 4.74. The number of nitrogen functional groups attached to an aromatic ring is 1. The first kappa shape index (κ1) is 15.5. The molecule has 0 amide bonds. The summed E-state index contributed by atoms with van der Waals surface area (Å²) in [7, 11) is 4.71. The van der Waals surface area contributed by atoms with Gasteiger partial charge in [0.25, 0.3) is 0 Å². The van der Waals surface area contributed by atoms with Gasteiger partial charge in [-0.2, -0.15) is 5.26 Å². The van der Waals surface area contributed by atoms with Crippen LogP contribution in [0.1, 0.15) is 16.7 Å². The first-order chi connectivity index (χ1) is 10.6. The summed E-state index contributed by atoms with van der Waals surface area (Å²) in [5, 5.41) is 9.00. The van der Waals surface area contributed by atoms with E-state index in [4.69, 9.17) is 25.2 Å². The monoisotopic (exact) mass is 298 g/mol. The van der Waals surface area contributed by atoms with Gasteiger partial charge in [-0.3, -0.25) is 0 Å². The number of hydrogen-bond acceptors (Lipinski definition) is 5. The van der Waals surface area contributed by atoms with E-state index in [9.17, 15) is 0 Å². The van der Waals surface area contributed by atoms with E-state index in [2.05, 4.69) is 6.07 Å². The maximum absolute atomic E-state index is 9.00. The average Bonchev–Trinajstić information content (AvgIpc) is 2.55. The number of ether oxygens (including phenoxy) is 3. The van der Waals surface area contributed by atoms with Crippen molar-refractivity contribution in [3.63, 3.8) is 0 Å². The normalized spacial score (nSPS) is 9.91. The molecular weight excluding hydrogens is 280 g/mol. The van der Waals surface area contributed by atoms with Crippen LogP contribution in [0.5, 0.6) is 17.2 Å². The van der Waals surface area contributed by atoms with E-state index in [1.807, 2.05) is 12.1 Å². The third-order valence-electron chi connectivity index (χ3n) is 3.39. The molecule has 114 valence electrons. The van der Waals surface area contributed by atoms with Crippen molar-refractivity contribution in [3.05, 3.63) is 47.0 Å². The van der Waals surface area contributed by atoms with Crippen LogP contribution >= 0.6 is 0 Å². The van der Waals surface area contributed by atoms with Crippen LogP contribution in [-0.2, 0) is 6.42 Å². The summed E-state index contributed by atoms with van der Waals surface area (Å²) in [5.41, 5.74) is 9.06. The molecule has 0 saturated carbocycles. The zero-order chi connectivity index (χ0) is 16.1. The van der Waals surface area contributed by atoms with Crippen molar-refractivity contribution in [2.24, 2.45) is 0 Å². The summed E-state index contributed by atoms with van der Waals surface area (Å²) in [4.78, 5) is 0. The van der Waals surface area contributed by atoms with Gasteiger partial charge in [-0.1, -0.05) is 0 Å². The molecule has 5 heteroatoms. The van der Waals surface area contributed by atoms with Crippen molar-refractivity contribution in [2.45, 2.75) is 6.42 Å². The first-order valence-corrected chi connectivity index (χ1v) is 6.70. The van der Waals surface area contributed by atoms with E-state index in [1.54, 1.807) is 39.5 Å². The van der Waals surface area contributed by atoms with Crippen LogP contribution < -0.4 is 19.9 Å². The van der Waals surface area contributed by atoms with E-state index in [1.165, 1.54) is 0 Å². The number of nitriles is 1. The van der Waals surface area contributed by atoms with Crippen LogP contribution in [-0.4, -0.2) is 21.3 Å². The third-order valence-corrected chi connectivity index (χ3v) is 3.39. The number of nitrogens with two attached hydrogens (primary N) is 1. The van der Waals surface area contributed by atoms with Crippen molar-refractivity contribution in [3.8, 4) is 23.3 Å². The minimum absolute atomic E-state index is 0.549. The second kappa shape index (κ2) is 6.72. The van der Waals surface area contributed by atoms with Gasteiger partial charge in [0.1, 0.15) is 0 Å². The molecule has 2 N–H and O–H groups in total. The van der Waals surface area contributed by atoms with Gasteiger partial charge in [0.2, 0.25) is 5.75 Å². The molecule has 0 bridgehead atoms. The molecule has 2 rings (SSSR count). The topological polar surface area (TPSA) is 77.5 Å². The molecule has 0 fully saturated rings. The van der Waals surface area contributed by atoms with Crippen molar-refractivity contribution in [1.29, 1.82) is 5.26 Å². The van der Waals surface area contributed by atoms with Gasteiger partial charge >= 0.3 is 0 Å². The fourth-order valence-electron chi connectivity index (χ4n) is 2.29. The highest BCUT2D eigenvalue weighted by molar-refractivity contribution is 5.57. The Bertz CT molecular complexity index is 695. The Morgan fingerprint density at radius 2 is 1.64 bits per heavy atom. The van der Waals surface area contributed by atoms with Crippen LogP contribution in [0, 0.1) is 11.3 Å². The predicted molar refractivity (Wildman–Crippen MR) is 84.5 cm³/mol. The summed E-state index contributed by atoms with van der Waals surface area (Å²) >= 11 is 0. The standard InChI is InChI=1S/C17H18N2O3/c1-20-15-8-12(9-16(21-2)17(15)22-3)7-13-6-11(10-18)4-5-14(13)19/h4-6,8-9H,7,19H2,1-3H3. The Morgan fingerprint density at radius 3 is 2.14 bits per heavy atom. The summed E-state index contributed by atoms with van der Waals surface area (Å²) in [5.74, 6) is 1.73. The first-order valence-electron chi connectivity index (χ1n) is 6.70. The summed E-state index contributed by atoms with van der Waals surface area (Å²) < 4.78 is 16.0. The van der Waals surface area contributed by atoms with E-state index in [0.717, 1.165) is 11.1 Å². The summed E-state index contributed by atoms with van der Waals surface area (Å²) in [6, 6.07) is 11.1. The minimum atomic E-state index is 0.549. The number of hydrogen-bond donors (Lipinski definition) is 1. The molecule has 0 saturated heterocycles. The van der Waals surface area contributed by atoms with Gasteiger partial charge in [0.05, 0.1) is 33.0 Å². The zero-order valence-corrected chi connectivity index (χ0v) is 12.8. The molecule has 0 radical (unpaired) electrons. The molecule has 0 atom stereocenters. The van der Waals surface area contributed by atoms with Crippen molar-refractivity contribution in [2.75, 3.05) is 27.1 Å². The lowest BCUT2D eigenvalue weighted by Crippen LogP contribution is -2.00. The smallest absolute Gasteiger partial charge is 0.203 e. The lowest BCUT2D eigenvalue weighted by molar-refractivity contribution is 0.324. The van der Waals surface area contributed by atoms with Gasteiger partial charge < -0.3 is 19.9 Å². The van der Waals surface area contributed by atoms with Gasteiger partial charge in [-0.15, -0.1) is 0 Å². The lowest BCUT2D eigenvalue weighted by atomic mass is 10.0. The molecule has 5 nitrogen and oxygen atoms in total. The largest absolute Gasteiger partial charge is 0.493 e. The number of benzene rings is 2. The van der Waals surface area contributed by atoms with Gasteiger partial charge in [0, 0.05) is 5.69 Å². The van der Waals surface area contributed by atoms with Crippen LogP contribution in [0.4, 0.5) is 5.69 Å². The Balaban J connectivity index is 2.44. The minimum Gasteiger partial charge on any atom is -0.493 e. The van der Waals surface area contributed by atoms with Gasteiger partial charge in [0.15, 0.2) is 11.5 Å². The summed E-state index contributed by atoms with van der Waals surface area (Å²) in [6.07, 6.45) is 0.568. The maximum atomic E-state index is 9.00. The Morgan fingerprint density at radius 1 is 1.00 bits per heavy atom. The second-order valence-corrected chi connectivity index (χ2v) is 4.74. The second-order valence-electron chi connectivity index (χ2n) is 4.74. The Hall–Kier alpha value is -2.87. The van der Waals surface area contributed by atoms with Gasteiger partial charge in [-0.05, 0) is 47.9 Å². The lowest BCUT2D eigenvalue weighted by Gasteiger charge is -2.14. The summed E-state index contributed by atoms with van der Waals surface area (Å²) in [6.45, 7) is 0. The van der Waals surface area contributed by atoms with Gasteiger partial charge in [-0.25, -0.2) is 0 Å².